The van der Waals surface area contributed by atoms with E-state index in [-0.39, 0.29) is 0 Å². The van der Waals surface area contributed by atoms with E-state index in [2.05, 4.69) is 13.8 Å². The van der Waals surface area contributed by atoms with Gasteiger partial charge in [0.25, 0.3) is 0 Å². The first-order valence-corrected chi connectivity index (χ1v) is 8.57. The minimum atomic E-state index is 0.290. The molecule has 0 aromatic heterocycles. The lowest BCUT2D eigenvalue weighted by atomic mass is 10.1. The quantitative estimate of drug-likeness (QED) is 0.440. The molecule has 0 saturated carbocycles. The first kappa shape index (κ1) is 17.9. The molecule has 21 heavy (non-hydrogen) atoms. The molecule has 1 aromatic rings. The molecule has 0 aliphatic rings. The normalized spacial score (nSPS) is 12.1. The van der Waals surface area contributed by atoms with E-state index in [1.54, 1.807) is 7.11 Å². The molecule has 0 aliphatic carbocycles. The standard InChI is InChI=1S/C19H32O2/c1-4-5-6-7-8-9-10-11-12-17(2)21-19-15-13-18(20-3)14-16-19/h13-17H,4-12H2,1-3H3. The first-order valence-electron chi connectivity index (χ1n) is 8.57. The first-order chi connectivity index (χ1) is 10.3. The van der Waals surface area contributed by atoms with E-state index in [9.17, 15) is 0 Å². The van der Waals surface area contributed by atoms with Crippen LogP contribution in [-0.4, -0.2) is 13.2 Å². The number of hydrogen-bond acceptors (Lipinski definition) is 2. The van der Waals surface area contributed by atoms with Gasteiger partial charge in [-0.15, -0.1) is 0 Å². The van der Waals surface area contributed by atoms with E-state index in [1.165, 1.54) is 51.4 Å². The topological polar surface area (TPSA) is 18.5 Å². The van der Waals surface area contributed by atoms with Crippen LogP contribution in [0.3, 0.4) is 0 Å². The fourth-order valence-corrected chi connectivity index (χ4v) is 2.51. The van der Waals surface area contributed by atoms with Gasteiger partial charge in [-0.2, -0.15) is 0 Å². The molecule has 1 atom stereocenters. The molecule has 2 heteroatoms. The molecule has 0 radical (unpaired) electrons. The van der Waals surface area contributed by atoms with E-state index in [0.717, 1.165) is 17.9 Å². The molecule has 1 rings (SSSR count). The molecule has 1 aromatic carbocycles. The van der Waals surface area contributed by atoms with Crippen molar-refractivity contribution in [2.75, 3.05) is 7.11 Å². The van der Waals surface area contributed by atoms with Crippen molar-refractivity contribution in [3.05, 3.63) is 24.3 Å². The SMILES string of the molecule is CCCCCCCCCCC(C)Oc1ccc(OC)cc1. The third kappa shape index (κ3) is 8.64. The Hall–Kier alpha value is -1.18. The van der Waals surface area contributed by atoms with Gasteiger partial charge < -0.3 is 9.47 Å². The minimum Gasteiger partial charge on any atom is -0.497 e. The summed E-state index contributed by atoms with van der Waals surface area (Å²) in [5.74, 6) is 1.81. The Bertz CT molecular complexity index is 345. The second-order valence-electron chi connectivity index (χ2n) is 5.87. The fourth-order valence-electron chi connectivity index (χ4n) is 2.51. The average molecular weight is 292 g/mol. The second-order valence-corrected chi connectivity index (χ2v) is 5.87. The maximum Gasteiger partial charge on any atom is 0.119 e. The summed E-state index contributed by atoms with van der Waals surface area (Å²) in [6.45, 7) is 4.43. The molecule has 120 valence electrons. The molecule has 1 unspecified atom stereocenters. The molecule has 0 bridgehead atoms. The lowest BCUT2D eigenvalue weighted by molar-refractivity contribution is 0.206. The van der Waals surface area contributed by atoms with Gasteiger partial charge in [0.05, 0.1) is 13.2 Å². The maximum absolute atomic E-state index is 5.92. The maximum atomic E-state index is 5.92. The Morgan fingerprint density at radius 1 is 0.810 bits per heavy atom. The Labute approximate surface area is 130 Å². The van der Waals surface area contributed by atoms with Gasteiger partial charge in [0, 0.05) is 0 Å². The van der Waals surface area contributed by atoms with Crippen LogP contribution in [-0.2, 0) is 0 Å². The number of hydrogen-bond donors (Lipinski definition) is 0. The zero-order valence-electron chi connectivity index (χ0n) is 14.1. The van der Waals surface area contributed by atoms with Crippen molar-refractivity contribution >= 4 is 0 Å². The molecule has 0 N–H and O–H groups in total. The van der Waals surface area contributed by atoms with Gasteiger partial charge in [-0.25, -0.2) is 0 Å². The Kier molecular flexibility index (Phi) is 9.77. The average Bonchev–Trinajstić information content (AvgIpc) is 2.50. The molecular formula is C19H32O2. The van der Waals surface area contributed by atoms with E-state index in [4.69, 9.17) is 9.47 Å². The van der Waals surface area contributed by atoms with Crippen LogP contribution in [0.15, 0.2) is 24.3 Å². The smallest absolute Gasteiger partial charge is 0.119 e. The van der Waals surface area contributed by atoms with Crippen molar-refractivity contribution in [1.82, 2.24) is 0 Å². The number of rotatable bonds is 12. The summed E-state index contributed by atoms with van der Waals surface area (Å²) in [4.78, 5) is 0. The highest BCUT2D eigenvalue weighted by atomic mass is 16.5. The van der Waals surface area contributed by atoms with Crippen molar-refractivity contribution in [1.29, 1.82) is 0 Å². The van der Waals surface area contributed by atoms with Crippen LogP contribution in [0.25, 0.3) is 0 Å². The number of ether oxygens (including phenoxy) is 2. The van der Waals surface area contributed by atoms with E-state index in [1.807, 2.05) is 24.3 Å². The van der Waals surface area contributed by atoms with Crippen LogP contribution < -0.4 is 9.47 Å². The summed E-state index contributed by atoms with van der Waals surface area (Å²) in [5, 5.41) is 0. The van der Waals surface area contributed by atoms with Crippen LogP contribution in [0.5, 0.6) is 11.5 Å². The van der Waals surface area contributed by atoms with Crippen LogP contribution in [0.1, 0.15) is 71.6 Å². The predicted octanol–water partition coefficient (Wildman–Crippen LogP) is 5.99. The number of benzene rings is 1. The lowest BCUT2D eigenvalue weighted by Gasteiger charge is -2.14. The minimum absolute atomic E-state index is 0.290. The summed E-state index contributed by atoms with van der Waals surface area (Å²) < 4.78 is 11.1. The van der Waals surface area contributed by atoms with Crippen molar-refractivity contribution in [3.63, 3.8) is 0 Å². The van der Waals surface area contributed by atoms with Crippen LogP contribution in [0.4, 0.5) is 0 Å². The highest BCUT2D eigenvalue weighted by molar-refractivity contribution is 5.31. The third-order valence-corrected chi connectivity index (χ3v) is 3.86. The van der Waals surface area contributed by atoms with Gasteiger partial charge in [-0.3, -0.25) is 0 Å². The van der Waals surface area contributed by atoms with Crippen molar-refractivity contribution in [2.45, 2.75) is 77.7 Å². The Morgan fingerprint density at radius 3 is 1.90 bits per heavy atom. The van der Waals surface area contributed by atoms with Crippen LogP contribution in [0, 0.1) is 0 Å². The molecule has 0 amide bonds. The summed E-state index contributed by atoms with van der Waals surface area (Å²) in [6, 6.07) is 7.84. The molecule has 0 heterocycles. The van der Waals surface area contributed by atoms with Gasteiger partial charge in [0.15, 0.2) is 0 Å². The van der Waals surface area contributed by atoms with E-state index in [0.29, 0.717) is 6.10 Å². The second kappa shape index (κ2) is 11.5. The van der Waals surface area contributed by atoms with Gasteiger partial charge in [0.2, 0.25) is 0 Å². The summed E-state index contributed by atoms with van der Waals surface area (Å²) in [6.07, 6.45) is 12.4. The van der Waals surface area contributed by atoms with Gasteiger partial charge in [-0.05, 0) is 44.0 Å². The van der Waals surface area contributed by atoms with Crippen LogP contribution in [0.2, 0.25) is 0 Å². The Morgan fingerprint density at radius 2 is 1.33 bits per heavy atom. The highest BCUT2D eigenvalue weighted by Gasteiger charge is 2.04. The fraction of sp³-hybridized carbons (Fsp3) is 0.684. The van der Waals surface area contributed by atoms with E-state index < -0.39 is 0 Å². The number of unbranched alkanes of at least 4 members (excludes halogenated alkanes) is 7. The zero-order chi connectivity index (χ0) is 15.3. The van der Waals surface area contributed by atoms with Gasteiger partial charge >= 0.3 is 0 Å². The monoisotopic (exact) mass is 292 g/mol. The van der Waals surface area contributed by atoms with Crippen molar-refractivity contribution in [2.24, 2.45) is 0 Å². The molecule has 0 aliphatic heterocycles. The largest absolute Gasteiger partial charge is 0.497 e. The molecule has 0 spiro atoms. The third-order valence-electron chi connectivity index (χ3n) is 3.86. The predicted molar refractivity (Wildman–Crippen MR) is 90.3 cm³/mol. The number of methoxy groups -OCH3 is 1. The summed E-state index contributed by atoms with van der Waals surface area (Å²) in [7, 11) is 1.68. The highest BCUT2D eigenvalue weighted by Crippen LogP contribution is 2.19. The van der Waals surface area contributed by atoms with Crippen LogP contribution >= 0.6 is 0 Å². The van der Waals surface area contributed by atoms with Gasteiger partial charge in [-0.1, -0.05) is 51.9 Å². The lowest BCUT2D eigenvalue weighted by Crippen LogP contribution is -2.11. The summed E-state index contributed by atoms with van der Waals surface area (Å²) in [5.41, 5.74) is 0. The van der Waals surface area contributed by atoms with Crippen molar-refractivity contribution < 1.29 is 9.47 Å². The molecule has 2 nitrogen and oxygen atoms in total. The zero-order valence-corrected chi connectivity index (χ0v) is 14.1. The van der Waals surface area contributed by atoms with Crippen molar-refractivity contribution in [3.8, 4) is 11.5 Å². The molecule has 0 fully saturated rings. The van der Waals surface area contributed by atoms with E-state index >= 15 is 0 Å². The molecular weight excluding hydrogens is 260 g/mol. The Balaban J connectivity index is 2.04. The van der Waals surface area contributed by atoms with Gasteiger partial charge in [0.1, 0.15) is 11.5 Å². The summed E-state index contributed by atoms with van der Waals surface area (Å²) >= 11 is 0. The molecule has 0 saturated heterocycles.